The molecule has 1 saturated heterocycles. The molecule has 3 heterocycles. The van der Waals surface area contributed by atoms with Crippen molar-refractivity contribution in [3.8, 4) is 17.0 Å². The van der Waals surface area contributed by atoms with E-state index in [1.165, 1.54) is 0 Å². The quantitative estimate of drug-likeness (QED) is 0.687. The topological polar surface area (TPSA) is 67.3 Å². The smallest absolute Gasteiger partial charge is 0.246 e. The van der Waals surface area contributed by atoms with E-state index in [-0.39, 0.29) is 0 Å². The van der Waals surface area contributed by atoms with Crippen molar-refractivity contribution in [3.63, 3.8) is 0 Å². The van der Waals surface area contributed by atoms with Crippen LogP contribution in [0.4, 0.5) is 11.8 Å². The number of halogens is 1. The Hall–Kier alpha value is -2.93. The number of rotatable bonds is 4. The Morgan fingerprint density at radius 1 is 0.926 bits per heavy atom. The van der Waals surface area contributed by atoms with Gasteiger partial charge in [-0.25, -0.2) is 9.97 Å². The molecule has 3 aromatic rings. The highest BCUT2D eigenvalue weighted by Crippen LogP contribution is 2.22. The molecule has 27 heavy (non-hydrogen) atoms. The molecule has 0 bridgehead atoms. The lowest BCUT2D eigenvalue weighted by Gasteiger charge is -2.35. The maximum atomic E-state index is 5.92. The summed E-state index contributed by atoms with van der Waals surface area (Å²) >= 11 is 5.92. The first-order valence-corrected chi connectivity index (χ1v) is 9.06. The van der Waals surface area contributed by atoms with Gasteiger partial charge in [0.2, 0.25) is 5.95 Å². The van der Waals surface area contributed by atoms with Crippen molar-refractivity contribution in [1.82, 2.24) is 20.2 Å². The first-order chi connectivity index (χ1) is 13.2. The van der Waals surface area contributed by atoms with E-state index in [0.717, 1.165) is 49.0 Å². The molecule has 1 aliphatic heterocycles. The molecule has 1 aromatic carbocycles. The Labute approximate surface area is 162 Å². The predicted molar refractivity (Wildman–Crippen MR) is 105 cm³/mol. The lowest BCUT2D eigenvalue weighted by Crippen LogP contribution is -2.47. The molecule has 0 saturated carbocycles. The van der Waals surface area contributed by atoms with Crippen molar-refractivity contribution in [3.05, 3.63) is 53.8 Å². The first-order valence-electron chi connectivity index (χ1n) is 8.68. The molecule has 8 heteroatoms. The van der Waals surface area contributed by atoms with Gasteiger partial charge in [-0.3, -0.25) is 0 Å². The highest BCUT2D eigenvalue weighted by molar-refractivity contribution is 6.30. The van der Waals surface area contributed by atoms with Gasteiger partial charge in [0.1, 0.15) is 11.6 Å². The number of hydrogen-bond donors (Lipinski definition) is 0. The van der Waals surface area contributed by atoms with E-state index >= 15 is 0 Å². The fourth-order valence-corrected chi connectivity index (χ4v) is 3.13. The second-order valence-electron chi connectivity index (χ2n) is 6.18. The molecule has 1 aliphatic rings. The van der Waals surface area contributed by atoms with E-state index in [0.29, 0.717) is 11.0 Å². The Morgan fingerprint density at radius 3 is 2.33 bits per heavy atom. The van der Waals surface area contributed by atoms with Gasteiger partial charge < -0.3 is 14.5 Å². The van der Waals surface area contributed by atoms with E-state index in [1.807, 2.05) is 36.4 Å². The second-order valence-corrected chi connectivity index (χ2v) is 6.62. The van der Waals surface area contributed by atoms with Crippen molar-refractivity contribution in [1.29, 1.82) is 0 Å². The fourth-order valence-electron chi connectivity index (χ4n) is 3.02. The number of piperazine rings is 1. The maximum Gasteiger partial charge on any atom is 0.246 e. The van der Waals surface area contributed by atoms with Crippen LogP contribution in [-0.2, 0) is 0 Å². The third kappa shape index (κ3) is 3.93. The number of nitrogens with zero attached hydrogens (tertiary/aromatic N) is 6. The summed E-state index contributed by atoms with van der Waals surface area (Å²) < 4.78 is 5.20. The molecule has 7 nitrogen and oxygen atoms in total. The van der Waals surface area contributed by atoms with Crippen molar-refractivity contribution < 1.29 is 4.74 Å². The monoisotopic (exact) mass is 382 g/mol. The number of ether oxygens (including phenoxy) is 1. The van der Waals surface area contributed by atoms with Gasteiger partial charge in [-0.1, -0.05) is 11.6 Å². The molecule has 0 spiro atoms. The molecule has 4 rings (SSSR count). The Bertz CT molecular complexity index is 895. The standard InChI is InChI=1S/C19H19ClN6O/c1-27-16-5-2-14(3-6-16)17-13-22-24-19(23-17)26-10-8-25(9-11-26)18-7-4-15(20)12-21-18/h2-7,12-13H,8-11H2,1H3. The number of aromatic nitrogens is 4. The molecule has 0 N–H and O–H groups in total. The van der Waals surface area contributed by atoms with Gasteiger partial charge in [0.25, 0.3) is 0 Å². The summed E-state index contributed by atoms with van der Waals surface area (Å²) in [5.74, 6) is 2.39. The molecule has 0 atom stereocenters. The SMILES string of the molecule is COc1ccc(-c2cnnc(N3CCN(c4ccc(Cl)cn4)CC3)n2)cc1. The van der Waals surface area contributed by atoms with E-state index in [9.17, 15) is 0 Å². The molecule has 0 unspecified atom stereocenters. The molecule has 0 aliphatic carbocycles. The van der Waals surface area contributed by atoms with Crippen LogP contribution in [-0.4, -0.2) is 53.5 Å². The average molecular weight is 383 g/mol. The minimum Gasteiger partial charge on any atom is -0.497 e. The largest absolute Gasteiger partial charge is 0.497 e. The number of anilines is 2. The van der Waals surface area contributed by atoms with Crippen molar-refractivity contribution in [2.24, 2.45) is 0 Å². The first kappa shape index (κ1) is 17.5. The third-order valence-corrected chi connectivity index (χ3v) is 4.76. The normalized spacial score (nSPS) is 14.3. The van der Waals surface area contributed by atoms with Crippen LogP contribution >= 0.6 is 11.6 Å². The van der Waals surface area contributed by atoms with Crippen molar-refractivity contribution in [2.75, 3.05) is 43.1 Å². The summed E-state index contributed by atoms with van der Waals surface area (Å²) in [6.45, 7) is 3.28. The van der Waals surface area contributed by atoms with Gasteiger partial charge in [-0.2, -0.15) is 5.10 Å². The van der Waals surface area contributed by atoms with Gasteiger partial charge in [-0.15, -0.1) is 5.10 Å². The van der Waals surface area contributed by atoms with Gasteiger partial charge in [0.15, 0.2) is 0 Å². The van der Waals surface area contributed by atoms with E-state index in [1.54, 1.807) is 19.5 Å². The number of benzene rings is 1. The zero-order valence-corrected chi connectivity index (χ0v) is 15.7. The summed E-state index contributed by atoms with van der Waals surface area (Å²) in [5, 5.41) is 9.01. The molecule has 0 radical (unpaired) electrons. The molecule has 2 aromatic heterocycles. The van der Waals surface area contributed by atoms with Crippen LogP contribution in [0.5, 0.6) is 5.75 Å². The predicted octanol–water partition coefficient (Wildman–Crippen LogP) is 2.92. The van der Waals surface area contributed by atoms with Crippen LogP contribution in [0.1, 0.15) is 0 Å². The van der Waals surface area contributed by atoms with Crippen LogP contribution in [0.3, 0.4) is 0 Å². The number of pyridine rings is 1. The van der Waals surface area contributed by atoms with Gasteiger partial charge in [0.05, 0.1) is 24.0 Å². The highest BCUT2D eigenvalue weighted by Gasteiger charge is 2.20. The van der Waals surface area contributed by atoms with E-state index in [4.69, 9.17) is 21.3 Å². The van der Waals surface area contributed by atoms with Crippen molar-refractivity contribution >= 4 is 23.4 Å². The second kappa shape index (κ2) is 7.75. The lowest BCUT2D eigenvalue weighted by molar-refractivity contribution is 0.415. The maximum absolute atomic E-state index is 5.92. The summed E-state index contributed by atoms with van der Waals surface area (Å²) in [6.07, 6.45) is 3.35. The fraction of sp³-hybridized carbons (Fsp3) is 0.263. The summed E-state index contributed by atoms with van der Waals surface area (Å²) in [6, 6.07) is 11.6. The van der Waals surface area contributed by atoms with Gasteiger partial charge >= 0.3 is 0 Å². The van der Waals surface area contributed by atoms with E-state index < -0.39 is 0 Å². The van der Waals surface area contributed by atoms with Crippen molar-refractivity contribution in [2.45, 2.75) is 0 Å². The third-order valence-electron chi connectivity index (χ3n) is 4.53. The van der Waals surface area contributed by atoms with Crippen LogP contribution in [0, 0.1) is 0 Å². The Morgan fingerprint density at radius 2 is 1.67 bits per heavy atom. The van der Waals surface area contributed by atoms with Crippen LogP contribution < -0.4 is 14.5 Å². The molecular weight excluding hydrogens is 364 g/mol. The zero-order valence-electron chi connectivity index (χ0n) is 14.9. The summed E-state index contributed by atoms with van der Waals surface area (Å²) in [4.78, 5) is 13.5. The number of methoxy groups -OCH3 is 1. The minimum absolute atomic E-state index is 0.645. The summed E-state index contributed by atoms with van der Waals surface area (Å²) in [7, 11) is 1.65. The van der Waals surface area contributed by atoms with E-state index in [2.05, 4.69) is 25.0 Å². The van der Waals surface area contributed by atoms with Crippen LogP contribution in [0.25, 0.3) is 11.3 Å². The molecule has 0 amide bonds. The van der Waals surface area contributed by atoms with Crippen LogP contribution in [0.2, 0.25) is 5.02 Å². The molecular formula is C19H19ClN6O. The summed E-state index contributed by atoms with van der Waals surface area (Å²) in [5.41, 5.74) is 1.78. The van der Waals surface area contributed by atoms with Gasteiger partial charge in [0, 0.05) is 37.9 Å². The van der Waals surface area contributed by atoms with Crippen LogP contribution in [0.15, 0.2) is 48.8 Å². The zero-order chi connectivity index (χ0) is 18.6. The lowest BCUT2D eigenvalue weighted by atomic mass is 10.1. The highest BCUT2D eigenvalue weighted by atomic mass is 35.5. The van der Waals surface area contributed by atoms with Gasteiger partial charge in [-0.05, 0) is 36.4 Å². The number of hydrogen-bond acceptors (Lipinski definition) is 7. The minimum atomic E-state index is 0.645. The Balaban J connectivity index is 1.46. The average Bonchev–Trinajstić information content (AvgIpc) is 2.75. The Kier molecular flexibility index (Phi) is 5.02. The molecule has 138 valence electrons. The molecule has 1 fully saturated rings.